The van der Waals surface area contributed by atoms with Crippen molar-refractivity contribution in [1.29, 1.82) is 0 Å². The molecule has 0 aliphatic heterocycles. The molecular formula is C17H19Cl2N3O3S. The van der Waals surface area contributed by atoms with Gasteiger partial charge in [-0.2, -0.15) is 4.72 Å². The molecule has 0 unspecified atom stereocenters. The van der Waals surface area contributed by atoms with Gasteiger partial charge in [0.05, 0.1) is 22.3 Å². The maximum Gasteiger partial charge on any atom is 0.244 e. The number of carbonyl (C=O) groups is 1. The third kappa shape index (κ3) is 5.17. The molecule has 2 aromatic rings. The van der Waals surface area contributed by atoms with Crippen LogP contribution in [0.5, 0.6) is 0 Å². The van der Waals surface area contributed by atoms with E-state index in [4.69, 9.17) is 23.2 Å². The zero-order valence-electron chi connectivity index (χ0n) is 14.2. The standard InChI is InChI=1S/C17H19Cl2N3O3S/c1-11(2)15(17(23)21-10-12-6-3-4-9-20-12)22-26(24,25)16-13(18)7-5-8-14(16)19/h3-9,11,15,22H,10H2,1-2H3,(H,21,23)/t15-/m1/s1. The fourth-order valence-electron chi connectivity index (χ4n) is 2.25. The molecule has 1 heterocycles. The molecule has 0 aliphatic rings. The van der Waals surface area contributed by atoms with Gasteiger partial charge in [-0.05, 0) is 30.2 Å². The minimum Gasteiger partial charge on any atom is -0.349 e. The molecule has 2 rings (SSSR count). The molecule has 26 heavy (non-hydrogen) atoms. The van der Waals surface area contributed by atoms with E-state index in [9.17, 15) is 13.2 Å². The van der Waals surface area contributed by atoms with E-state index in [2.05, 4.69) is 15.0 Å². The number of amides is 1. The zero-order chi connectivity index (χ0) is 19.3. The summed E-state index contributed by atoms with van der Waals surface area (Å²) in [4.78, 5) is 16.4. The minimum atomic E-state index is -4.08. The molecule has 1 aromatic carbocycles. The molecule has 0 radical (unpaired) electrons. The van der Waals surface area contributed by atoms with Crippen LogP contribution < -0.4 is 10.0 Å². The predicted molar refractivity (Wildman–Crippen MR) is 101 cm³/mol. The Morgan fingerprint density at radius 2 is 1.77 bits per heavy atom. The SMILES string of the molecule is CC(C)[C@@H](NS(=O)(=O)c1c(Cl)cccc1Cl)C(=O)NCc1ccccn1. The zero-order valence-corrected chi connectivity index (χ0v) is 16.6. The van der Waals surface area contributed by atoms with E-state index in [-0.39, 0.29) is 27.4 Å². The molecule has 1 aromatic heterocycles. The van der Waals surface area contributed by atoms with Crippen LogP contribution in [0.2, 0.25) is 10.0 Å². The van der Waals surface area contributed by atoms with Crippen LogP contribution in [0, 0.1) is 5.92 Å². The number of halogens is 2. The lowest BCUT2D eigenvalue weighted by molar-refractivity contribution is -0.123. The van der Waals surface area contributed by atoms with Gasteiger partial charge in [-0.1, -0.05) is 49.2 Å². The molecular weight excluding hydrogens is 397 g/mol. The van der Waals surface area contributed by atoms with Crippen LogP contribution in [0.15, 0.2) is 47.5 Å². The minimum absolute atomic E-state index is 0.0126. The Kier molecular flexibility index (Phi) is 7.00. The average Bonchev–Trinajstić information content (AvgIpc) is 2.58. The number of nitrogens with zero attached hydrogens (tertiary/aromatic N) is 1. The maximum absolute atomic E-state index is 12.7. The van der Waals surface area contributed by atoms with Crippen molar-refractivity contribution in [3.63, 3.8) is 0 Å². The molecule has 0 aliphatic carbocycles. The molecule has 0 fully saturated rings. The van der Waals surface area contributed by atoms with Gasteiger partial charge in [-0.3, -0.25) is 9.78 Å². The van der Waals surface area contributed by atoms with Crippen LogP contribution in [-0.4, -0.2) is 25.4 Å². The van der Waals surface area contributed by atoms with Crippen molar-refractivity contribution in [2.45, 2.75) is 31.3 Å². The molecule has 1 atom stereocenters. The summed E-state index contributed by atoms with van der Waals surface area (Å²) in [7, 11) is -4.08. The van der Waals surface area contributed by atoms with Crippen LogP contribution in [0.3, 0.4) is 0 Å². The fraction of sp³-hybridized carbons (Fsp3) is 0.294. The number of carbonyl (C=O) groups excluding carboxylic acids is 1. The van der Waals surface area contributed by atoms with Gasteiger partial charge in [-0.25, -0.2) is 8.42 Å². The van der Waals surface area contributed by atoms with Gasteiger partial charge in [0, 0.05) is 6.20 Å². The van der Waals surface area contributed by atoms with E-state index in [1.54, 1.807) is 44.3 Å². The highest BCUT2D eigenvalue weighted by molar-refractivity contribution is 7.89. The Balaban J connectivity index is 2.18. The van der Waals surface area contributed by atoms with E-state index in [1.807, 2.05) is 0 Å². The summed E-state index contributed by atoms with van der Waals surface area (Å²) in [6.45, 7) is 3.67. The van der Waals surface area contributed by atoms with Crippen molar-refractivity contribution < 1.29 is 13.2 Å². The summed E-state index contributed by atoms with van der Waals surface area (Å²) < 4.78 is 27.8. The summed E-state index contributed by atoms with van der Waals surface area (Å²) >= 11 is 12.0. The first-order valence-electron chi connectivity index (χ1n) is 7.86. The Labute approximate surface area is 163 Å². The van der Waals surface area contributed by atoms with Crippen molar-refractivity contribution in [3.05, 3.63) is 58.3 Å². The number of nitrogens with one attached hydrogen (secondary N) is 2. The molecule has 2 N–H and O–H groups in total. The highest BCUT2D eigenvalue weighted by Gasteiger charge is 2.30. The Bertz CT molecular complexity index is 854. The van der Waals surface area contributed by atoms with E-state index >= 15 is 0 Å². The van der Waals surface area contributed by atoms with Crippen LogP contribution in [-0.2, 0) is 21.4 Å². The van der Waals surface area contributed by atoms with E-state index in [0.29, 0.717) is 5.69 Å². The number of sulfonamides is 1. The average molecular weight is 416 g/mol. The number of benzene rings is 1. The Morgan fingerprint density at radius 3 is 2.31 bits per heavy atom. The Morgan fingerprint density at radius 1 is 1.12 bits per heavy atom. The number of rotatable bonds is 7. The van der Waals surface area contributed by atoms with Gasteiger partial charge < -0.3 is 5.32 Å². The number of hydrogen-bond acceptors (Lipinski definition) is 4. The summed E-state index contributed by atoms with van der Waals surface area (Å²) in [5, 5.41) is 2.66. The van der Waals surface area contributed by atoms with Crippen LogP contribution in [0.4, 0.5) is 0 Å². The second-order valence-corrected chi connectivity index (χ2v) is 8.40. The Hall–Kier alpha value is -1.67. The normalized spacial score (nSPS) is 12.8. The van der Waals surface area contributed by atoms with Gasteiger partial charge >= 0.3 is 0 Å². The van der Waals surface area contributed by atoms with Gasteiger partial charge in [0.25, 0.3) is 0 Å². The van der Waals surface area contributed by atoms with Crippen molar-refractivity contribution in [2.24, 2.45) is 5.92 Å². The molecule has 140 valence electrons. The smallest absolute Gasteiger partial charge is 0.244 e. The first kappa shape index (κ1) is 20.6. The molecule has 1 amide bonds. The maximum atomic E-state index is 12.7. The van der Waals surface area contributed by atoms with Crippen molar-refractivity contribution in [1.82, 2.24) is 15.0 Å². The third-order valence-electron chi connectivity index (χ3n) is 3.59. The summed E-state index contributed by atoms with van der Waals surface area (Å²) in [5.74, 6) is -0.757. The first-order chi connectivity index (χ1) is 12.2. The lowest BCUT2D eigenvalue weighted by atomic mass is 10.1. The van der Waals surface area contributed by atoms with Crippen LogP contribution in [0.25, 0.3) is 0 Å². The second-order valence-electron chi connectivity index (χ2n) is 5.93. The monoisotopic (exact) mass is 415 g/mol. The summed E-state index contributed by atoms with van der Waals surface area (Å²) in [5.41, 5.74) is 0.667. The second kappa shape index (κ2) is 8.81. The number of aromatic nitrogens is 1. The first-order valence-corrected chi connectivity index (χ1v) is 10.1. The van der Waals surface area contributed by atoms with E-state index in [0.717, 1.165) is 0 Å². The van der Waals surface area contributed by atoms with E-state index < -0.39 is 22.0 Å². The summed E-state index contributed by atoms with van der Waals surface area (Å²) in [6, 6.07) is 8.74. The molecule has 0 saturated heterocycles. The topological polar surface area (TPSA) is 88.2 Å². The molecule has 0 saturated carbocycles. The quantitative estimate of drug-likeness (QED) is 0.727. The van der Waals surface area contributed by atoms with Gasteiger partial charge in [0.1, 0.15) is 10.9 Å². The molecule has 0 bridgehead atoms. The number of hydrogen-bond donors (Lipinski definition) is 2. The van der Waals surface area contributed by atoms with Crippen LogP contribution >= 0.6 is 23.2 Å². The van der Waals surface area contributed by atoms with E-state index in [1.165, 1.54) is 12.1 Å². The van der Waals surface area contributed by atoms with Crippen molar-refractivity contribution in [3.8, 4) is 0 Å². The summed E-state index contributed by atoms with van der Waals surface area (Å²) in [6.07, 6.45) is 1.61. The van der Waals surface area contributed by atoms with Gasteiger partial charge in [0.15, 0.2) is 0 Å². The third-order valence-corrected chi connectivity index (χ3v) is 5.98. The lowest BCUT2D eigenvalue weighted by Crippen LogP contribution is -2.49. The molecule has 6 nitrogen and oxygen atoms in total. The van der Waals surface area contributed by atoms with Crippen LogP contribution in [0.1, 0.15) is 19.5 Å². The lowest BCUT2D eigenvalue weighted by Gasteiger charge is -2.22. The van der Waals surface area contributed by atoms with Gasteiger partial charge in [0.2, 0.25) is 15.9 Å². The fourth-order valence-corrected chi connectivity index (χ4v) is 4.74. The highest BCUT2D eigenvalue weighted by Crippen LogP contribution is 2.29. The molecule has 0 spiro atoms. The van der Waals surface area contributed by atoms with Crippen molar-refractivity contribution >= 4 is 39.1 Å². The predicted octanol–water partition coefficient (Wildman–Crippen LogP) is 3.01. The molecule has 9 heteroatoms. The number of pyridine rings is 1. The van der Waals surface area contributed by atoms with Gasteiger partial charge in [-0.15, -0.1) is 0 Å². The van der Waals surface area contributed by atoms with Crippen molar-refractivity contribution in [2.75, 3.05) is 0 Å². The highest BCUT2D eigenvalue weighted by atomic mass is 35.5. The largest absolute Gasteiger partial charge is 0.349 e.